The molecule has 62 valence electrons. The fourth-order valence-corrected chi connectivity index (χ4v) is 1.05. The van der Waals surface area contributed by atoms with E-state index >= 15 is 0 Å². The van der Waals surface area contributed by atoms with Gasteiger partial charge in [0.1, 0.15) is 0 Å². The summed E-state index contributed by atoms with van der Waals surface area (Å²) in [6.07, 6.45) is 3.48. The number of aryl methyl sites for hydroxylation is 1. The molecule has 0 atom stereocenters. The summed E-state index contributed by atoms with van der Waals surface area (Å²) in [5, 5.41) is 7.98. The van der Waals surface area contributed by atoms with Crippen molar-refractivity contribution < 1.29 is 0 Å². The lowest BCUT2D eigenvalue weighted by Crippen LogP contribution is -1.98. The molecule has 1 aromatic heterocycles. The van der Waals surface area contributed by atoms with Crippen LogP contribution in [0.25, 0.3) is 12.2 Å². The van der Waals surface area contributed by atoms with Crippen LogP contribution in [0.3, 0.4) is 0 Å². The second-order valence-corrected chi connectivity index (χ2v) is 2.62. The van der Waals surface area contributed by atoms with Gasteiger partial charge in [0, 0.05) is 5.56 Å². The molecule has 0 aromatic carbocycles. The van der Waals surface area contributed by atoms with Gasteiger partial charge in [0.25, 0.3) is 0 Å². The largest absolute Gasteiger partial charge is 0.155 e. The Bertz CT molecular complexity index is 327. The van der Waals surface area contributed by atoms with Crippen LogP contribution >= 0.6 is 0 Å². The van der Waals surface area contributed by atoms with Crippen LogP contribution in [0, 0.1) is 13.8 Å². The third-order valence-corrected chi connectivity index (χ3v) is 1.93. The van der Waals surface area contributed by atoms with Crippen molar-refractivity contribution in [3.63, 3.8) is 0 Å². The van der Waals surface area contributed by atoms with Crippen molar-refractivity contribution in [2.24, 2.45) is 0 Å². The van der Waals surface area contributed by atoms with Crippen LogP contribution in [-0.2, 0) is 0 Å². The molecule has 2 nitrogen and oxygen atoms in total. The molecule has 0 aliphatic heterocycles. The van der Waals surface area contributed by atoms with E-state index in [9.17, 15) is 0 Å². The van der Waals surface area contributed by atoms with Gasteiger partial charge in [0.2, 0.25) is 0 Å². The average Bonchev–Trinajstić information content (AvgIpc) is 2.09. The monoisotopic (exact) mass is 160 g/mol. The Morgan fingerprint density at radius 1 is 1.08 bits per heavy atom. The highest BCUT2D eigenvalue weighted by molar-refractivity contribution is 5.63. The first-order valence-corrected chi connectivity index (χ1v) is 3.79. The first kappa shape index (κ1) is 8.65. The third-order valence-electron chi connectivity index (χ3n) is 1.93. The van der Waals surface area contributed by atoms with Crippen LogP contribution in [0.2, 0.25) is 0 Å². The van der Waals surface area contributed by atoms with Crippen LogP contribution in [0.5, 0.6) is 0 Å². The van der Waals surface area contributed by atoms with Gasteiger partial charge >= 0.3 is 0 Å². The lowest BCUT2D eigenvalue weighted by Gasteiger charge is -2.05. The number of hydrogen-bond donors (Lipinski definition) is 0. The average molecular weight is 160 g/mol. The molecule has 1 rings (SSSR count). The molecular weight excluding hydrogens is 148 g/mol. The van der Waals surface area contributed by atoms with Crippen molar-refractivity contribution in [1.82, 2.24) is 10.2 Å². The molecule has 0 saturated carbocycles. The van der Waals surface area contributed by atoms with Gasteiger partial charge in [0.15, 0.2) is 0 Å². The van der Waals surface area contributed by atoms with Gasteiger partial charge in [-0.25, -0.2) is 0 Å². The van der Waals surface area contributed by atoms with E-state index in [0.717, 1.165) is 22.5 Å². The lowest BCUT2D eigenvalue weighted by molar-refractivity contribution is 0.947. The molecule has 1 heterocycles. The molecule has 1 aromatic rings. The van der Waals surface area contributed by atoms with Gasteiger partial charge in [-0.1, -0.05) is 19.2 Å². The SMILES string of the molecule is C=Cc1nnc(C)c(C)c1C=C. The third kappa shape index (κ3) is 1.28. The minimum absolute atomic E-state index is 0.799. The number of hydrogen-bond acceptors (Lipinski definition) is 2. The Hall–Kier alpha value is -1.44. The lowest BCUT2D eigenvalue weighted by atomic mass is 10.1. The summed E-state index contributed by atoms with van der Waals surface area (Å²) in [6, 6.07) is 0. The predicted octanol–water partition coefficient (Wildman–Crippen LogP) is 2.38. The second-order valence-electron chi connectivity index (χ2n) is 2.62. The minimum atomic E-state index is 0.799. The Labute approximate surface area is 72.6 Å². The van der Waals surface area contributed by atoms with Crippen molar-refractivity contribution in [3.05, 3.63) is 35.7 Å². The summed E-state index contributed by atoms with van der Waals surface area (Å²) in [5.74, 6) is 0. The van der Waals surface area contributed by atoms with E-state index in [0.29, 0.717) is 0 Å². The van der Waals surface area contributed by atoms with Gasteiger partial charge in [0.05, 0.1) is 11.4 Å². The van der Waals surface area contributed by atoms with Crippen LogP contribution in [0.15, 0.2) is 13.2 Å². The fourth-order valence-electron chi connectivity index (χ4n) is 1.05. The molecule has 0 aliphatic carbocycles. The maximum absolute atomic E-state index is 3.99. The molecule has 0 amide bonds. The highest BCUT2D eigenvalue weighted by atomic mass is 15.1. The molecule has 0 N–H and O–H groups in total. The summed E-state index contributed by atoms with van der Waals surface area (Å²) in [6.45, 7) is 11.3. The van der Waals surface area contributed by atoms with Crippen molar-refractivity contribution in [1.29, 1.82) is 0 Å². The van der Waals surface area contributed by atoms with E-state index < -0.39 is 0 Å². The summed E-state index contributed by atoms with van der Waals surface area (Å²) in [7, 11) is 0. The summed E-state index contributed by atoms with van der Waals surface area (Å²) in [4.78, 5) is 0. The Morgan fingerprint density at radius 3 is 2.25 bits per heavy atom. The maximum atomic E-state index is 3.99. The number of aromatic nitrogens is 2. The molecule has 0 bridgehead atoms. The van der Waals surface area contributed by atoms with E-state index in [-0.39, 0.29) is 0 Å². The zero-order valence-corrected chi connectivity index (χ0v) is 7.46. The molecule has 12 heavy (non-hydrogen) atoms. The maximum Gasteiger partial charge on any atom is 0.0926 e. The molecule has 0 spiro atoms. The topological polar surface area (TPSA) is 25.8 Å². The van der Waals surface area contributed by atoms with Crippen molar-refractivity contribution in [2.75, 3.05) is 0 Å². The van der Waals surface area contributed by atoms with Crippen LogP contribution in [0.1, 0.15) is 22.5 Å². The van der Waals surface area contributed by atoms with Gasteiger partial charge in [-0.15, -0.1) is 0 Å². The first-order valence-electron chi connectivity index (χ1n) is 3.79. The smallest absolute Gasteiger partial charge is 0.0926 e. The van der Waals surface area contributed by atoms with E-state index in [1.165, 1.54) is 0 Å². The van der Waals surface area contributed by atoms with Gasteiger partial charge < -0.3 is 0 Å². The van der Waals surface area contributed by atoms with Gasteiger partial charge in [-0.3, -0.25) is 0 Å². The highest BCUT2D eigenvalue weighted by Gasteiger charge is 2.04. The van der Waals surface area contributed by atoms with Crippen LogP contribution in [0.4, 0.5) is 0 Å². The predicted molar refractivity (Wildman–Crippen MR) is 51.7 cm³/mol. The fraction of sp³-hybridized carbons (Fsp3) is 0.200. The zero-order valence-electron chi connectivity index (χ0n) is 7.46. The Kier molecular flexibility index (Phi) is 2.38. The summed E-state index contributed by atoms with van der Waals surface area (Å²) < 4.78 is 0. The van der Waals surface area contributed by atoms with E-state index in [2.05, 4.69) is 23.4 Å². The normalized spacial score (nSPS) is 9.50. The Morgan fingerprint density at radius 2 is 1.75 bits per heavy atom. The number of rotatable bonds is 2. The molecule has 0 fully saturated rings. The molecule has 0 saturated heterocycles. The second kappa shape index (κ2) is 3.30. The molecule has 0 unspecified atom stereocenters. The molecular formula is C10H12N2. The molecule has 0 radical (unpaired) electrons. The molecule has 0 aliphatic rings. The van der Waals surface area contributed by atoms with Crippen molar-refractivity contribution in [2.45, 2.75) is 13.8 Å². The van der Waals surface area contributed by atoms with Crippen LogP contribution in [-0.4, -0.2) is 10.2 Å². The quantitative estimate of drug-likeness (QED) is 0.663. The standard InChI is InChI=1S/C10H12N2/c1-5-9-7(3)8(4)11-12-10(9)6-2/h5-6H,1-2H2,3-4H3. The summed E-state index contributed by atoms with van der Waals surface area (Å²) in [5.41, 5.74) is 3.89. The minimum Gasteiger partial charge on any atom is -0.155 e. The first-order chi connectivity index (χ1) is 5.70. The van der Waals surface area contributed by atoms with E-state index in [1.54, 1.807) is 12.2 Å². The summed E-state index contributed by atoms with van der Waals surface area (Å²) >= 11 is 0. The molecule has 2 heteroatoms. The highest BCUT2D eigenvalue weighted by Crippen LogP contribution is 2.15. The van der Waals surface area contributed by atoms with Gasteiger partial charge in [-0.2, -0.15) is 10.2 Å². The van der Waals surface area contributed by atoms with Crippen LogP contribution < -0.4 is 0 Å². The van der Waals surface area contributed by atoms with Crippen molar-refractivity contribution >= 4 is 12.2 Å². The van der Waals surface area contributed by atoms with Crippen molar-refractivity contribution in [3.8, 4) is 0 Å². The zero-order chi connectivity index (χ0) is 9.14. The van der Waals surface area contributed by atoms with E-state index in [1.807, 2.05) is 13.8 Å². The number of nitrogens with zero attached hydrogens (tertiary/aromatic N) is 2. The van der Waals surface area contributed by atoms with Gasteiger partial charge in [-0.05, 0) is 25.5 Å². The van der Waals surface area contributed by atoms with E-state index in [4.69, 9.17) is 0 Å². The Balaban J connectivity index is 3.45.